The summed E-state index contributed by atoms with van der Waals surface area (Å²) in [6.07, 6.45) is 1.75. The SMILES string of the molecule is Nc1cccc2cccnc12.O=S(=O)(O)c1cccc2c(S(=O)(=O)O)cccc12.[Zn]. The van der Waals surface area contributed by atoms with Crippen molar-refractivity contribution >= 4 is 47.6 Å². The van der Waals surface area contributed by atoms with E-state index in [0.29, 0.717) is 0 Å². The maximum atomic E-state index is 11.2. The fourth-order valence-corrected chi connectivity index (χ4v) is 4.24. The minimum absolute atomic E-state index is 0. The number of hydrogen-bond donors (Lipinski definition) is 3. The Kier molecular flexibility index (Phi) is 7.28. The summed E-state index contributed by atoms with van der Waals surface area (Å²) in [5.41, 5.74) is 7.32. The van der Waals surface area contributed by atoms with Crippen molar-refractivity contribution in [2.24, 2.45) is 0 Å². The van der Waals surface area contributed by atoms with Crippen molar-refractivity contribution in [3.8, 4) is 0 Å². The number of nitrogens with two attached hydrogens (primary N) is 1. The first-order valence-electron chi connectivity index (χ1n) is 8.15. The molecule has 152 valence electrons. The van der Waals surface area contributed by atoms with Crippen LogP contribution in [0.2, 0.25) is 0 Å². The molecule has 8 nitrogen and oxygen atoms in total. The number of benzene rings is 3. The summed E-state index contributed by atoms with van der Waals surface area (Å²) < 4.78 is 62.7. The first-order valence-corrected chi connectivity index (χ1v) is 11.0. The molecule has 0 aliphatic rings. The third-order valence-electron chi connectivity index (χ3n) is 4.06. The second-order valence-corrected chi connectivity index (χ2v) is 8.76. The molecule has 0 unspecified atom stereocenters. The zero-order chi connectivity index (χ0) is 21.2. The van der Waals surface area contributed by atoms with Crippen molar-refractivity contribution in [1.29, 1.82) is 0 Å². The predicted octanol–water partition coefficient (Wildman–Crippen LogP) is 3.15. The Labute approximate surface area is 186 Å². The van der Waals surface area contributed by atoms with Crippen LogP contribution in [0.1, 0.15) is 0 Å². The monoisotopic (exact) mass is 496 g/mol. The van der Waals surface area contributed by atoms with Gasteiger partial charge in [0.15, 0.2) is 0 Å². The van der Waals surface area contributed by atoms with Crippen LogP contribution < -0.4 is 5.73 Å². The standard InChI is InChI=1S/C10H8O6S2.C9H8N2.Zn/c11-17(12,13)9-5-1-3-7-8(9)4-2-6-10(7)18(14,15)16;10-8-5-1-3-7-4-2-6-11-9(7)8;/h1-6H,(H,11,12,13)(H,14,15,16);1-6H,10H2;. The van der Waals surface area contributed by atoms with Crippen molar-refractivity contribution in [2.75, 3.05) is 5.73 Å². The Hall–Kier alpha value is -2.43. The van der Waals surface area contributed by atoms with E-state index in [1.807, 2.05) is 30.3 Å². The molecule has 3 aromatic carbocycles. The van der Waals surface area contributed by atoms with Crippen LogP contribution in [0.25, 0.3) is 21.7 Å². The zero-order valence-electron chi connectivity index (χ0n) is 15.5. The number of pyridine rings is 1. The Morgan fingerprint density at radius 2 is 1.17 bits per heavy atom. The number of fused-ring (bicyclic) bond motifs is 2. The van der Waals surface area contributed by atoms with Crippen LogP contribution in [0, 0.1) is 0 Å². The molecule has 0 saturated heterocycles. The molecule has 11 heteroatoms. The van der Waals surface area contributed by atoms with Gasteiger partial charge in [-0.2, -0.15) is 16.8 Å². The molecule has 30 heavy (non-hydrogen) atoms. The van der Waals surface area contributed by atoms with Crippen LogP contribution in [-0.2, 0) is 39.7 Å². The summed E-state index contributed by atoms with van der Waals surface area (Å²) in [7, 11) is -8.94. The van der Waals surface area contributed by atoms with E-state index in [1.54, 1.807) is 6.20 Å². The largest absolute Gasteiger partial charge is 0.397 e. The molecule has 0 aliphatic heterocycles. The number of rotatable bonds is 2. The predicted molar refractivity (Wildman–Crippen MR) is 110 cm³/mol. The fourth-order valence-electron chi connectivity index (χ4n) is 2.83. The second kappa shape index (κ2) is 9.15. The van der Waals surface area contributed by atoms with Gasteiger partial charge in [0.25, 0.3) is 20.2 Å². The maximum absolute atomic E-state index is 11.2. The average Bonchev–Trinajstić information content (AvgIpc) is 2.66. The van der Waals surface area contributed by atoms with Crippen LogP contribution in [0.4, 0.5) is 5.69 Å². The van der Waals surface area contributed by atoms with Crippen molar-refractivity contribution in [1.82, 2.24) is 4.98 Å². The molecule has 0 bridgehead atoms. The number of anilines is 1. The van der Waals surface area contributed by atoms with Crippen LogP contribution in [-0.4, -0.2) is 30.9 Å². The van der Waals surface area contributed by atoms with Crippen LogP contribution in [0.5, 0.6) is 0 Å². The van der Waals surface area contributed by atoms with Crippen molar-refractivity contribution in [3.05, 3.63) is 72.9 Å². The molecular formula is C19H16N2O6S2Zn. The van der Waals surface area contributed by atoms with Gasteiger partial charge in [-0.15, -0.1) is 0 Å². The van der Waals surface area contributed by atoms with E-state index in [4.69, 9.17) is 14.8 Å². The van der Waals surface area contributed by atoms with Crippen LogP contribution in [0.15, 0.2) is 82.7 Å². The first-order chi connectivity index (χ1) is 13.6. The molecule has 4 aromatic rings. The van der Waals surface area contributed by atoms with E-state index >= 15 is 0 Å². The fraction of sp³-hybridized carbons (Fsp3) is 0. The van der Waals surface area contributed by atoms with Crippen LogP contribution in [0.3, 0.4) is 0 Å². The molecule has 1 heterocycles. The normalized spacial score (nSPS) is 11.4. The molecule has 0 fully saturated rings. The van der Waals surface area contributed by atoms with Gasteiger partial charge in [0.1, 0.15) is 9.79 Å². The Bertz CT molecular complexity index is 1350. The Morgan fingerprint density at radius 1 is 0.700 bits per heavy atom. The minimum atomic E-state index is -4.47. The van der Waals surface area contributed by atoms with Crippen LogP contribution >= 0.6 is 0 Å². The second-order valence-electron chi connectivity index (χ2n) is 5.98. The molecule has 4 rings (SSSR count). The van der Waals surface area contributed by atoms with Gasteiger partial charge in [-0.25, -0.2) is 0 Å². The third kappa shape index (κ3) is 5.19. The van der Waals surface area contributed by atoms with E-state index in [2.05, 4.69) is 4.98 Å². The minimum Gasteiger partial charge on any atom is -0.397 e. The van der Waals surface area contributed by atoms with E-state index < -0.39 is 30.0 Å². The summed E-state index contributed by atoms with van der Waals surface area (Å²) in [6, 6.07) is 17.2. The molecule has 0 spiro atoms. The maximum Gasteiger partial charge on any atom is 0.295 e. The number of para-hydroxylation sites is 1. The third-order valence-corrected chi connectivity index (χ3v) is 5.89. The van der Waals surface area contributed by atoms with Gasteiger partial charge in [-0.05, 0) is 24.3 Å². The topological polar surface area (TPSA) is 148 Å². The summed E-state index contributed by atoms with van der Waals surface area (Å²) in [5.74, 6) is 0. The molecule has 0 aliphatic carbocycles. The molecule has 4 N–H and O–H groups in total. The zero-order valence-corrected chi connectivity index (χ0v) is 20.1. The first kappa shape index (κ1) is 23.8. The van der Waals surface area contributed by atoms with Gasteiger partial charge in [-0.3, -0.25) is 14.1 Å². The van der Waals surface area contributed by atoms with Crippen molar-refractivity contribution in [3.63, 3.8) is 0 Å². The summed E-state index contributed by atoms with van der Waals surface area (Å²) in [6.45, 7) is 0. The average molecular weight is 498 g/mol. The van der Waals surface area contributed by atoms with E-state index in [1.165, 1.54) is 24.3 Å². The molecule has 0 atom stereocenters. The summed E-state index contributed by atoms with van der Waals surface area (Å²) in [5, 5.41) is 1.14. The summed E-state index contributed by atoms with van der Waals surface area (Å²) in [4.78, 5) is 3.33. The van der Waals surface area contributed by atoms with E-state index in [9.17, 15) is 16.8 Å². The van der Waals surface area contributed by atoms with Gasteiger partial charge < -0.3 is 5.73 Å². The Morgan fingerprint density at radius 3 is 1.63 bits per heavy atom. The van der Waals surface area contributed by atoms with Gasteiger partial charge >= 0.3 is 0 Å². The van der Waals surface area contributed by atoms with E-state index in [0.717, 1.165) is 28.7 Å². The molecular weight excluding hydrogens is 482 g/mol. The number of aromatic nitrogens is 1. The smallest absolute Gasteiger partial charge is 0.295 e. The van der Waals surface area contributed by atoms with E-state index in [-0.39, 0.29) is 30.3 Å². The van der Waals surface area contributed by atoms with Crippen molar-refractivity contribution in [2.45, 2.75) is 9.79 Å². The Balaban J connectivity index is 0.000000229. The number of hydrogen-bond acceptors (Lipinski definition) is 6. The molecule has 0 radical (unpaired) electrons. The van der Waals surface area contributed by atoms with Crippen molar-refractivity contribution < 1.29 is 45.4 Å². The number of nitrogen functional groups attached to an aromatic ring is 1. The number of nitrogens with zero attached hydrogens (tertiary/aromatic N) is 1. The molecule has 0 saturated carbocycles. The van der Waals surface area contributed by atoms with Gasteiger partial charge in [-0.1, -0.05) is 42.5 Å². The van der Waals surface area contributed by atoms with Gasteiger partial charge in [0, 0.05) is 41.8 Å². The quantitative estimate of drug-likeness (QED) is 0.217. The van der Waals surface area contributed by atoms with Gasteiger partial charge in [0.2, 0.25) is 0 Å². The summed E-state index contributed by atoms with van der Waals surface area (Å²) >= 11 is 0. The molecule has 1 aromatic heterocycles. The van der Waals surface area contributed by atoms with Gasteiger partial charge in [0.05, 0.1) is 11.2 Å². The molecule has 0 amide bonds.